The third kappa shape index (κ3) is 5.42. The van der Waals surface area contributed by atoms with Gasteiger partial charge in [-0.1, -0.05) is 12.2 Å². The van der Waals surface area contributed by atoms with E-state index in [-0.39, 0.29) is 30.9 Å². The van der Waals surface area contributed by atoms with Crippen LogP contribution in [-0.2, 0) is 9.53 Å². The van der Waals surface area contributed by atoms with Crippen LogP contribution >= 0.6 is 0 Å². The maximum atomic E-state index is 13.6. The largest absolute Gasteiger partial charge is 0.507 e. The van der Waals surface area contributed by atoms with Crippen molar-refractivity contribution in [2.75, 3.05) is 25.1 Å². The van der Waals surface area contributed by atoms with Gasteiger partial charge in [0.15, 0.2) is 12.0 Å². The maximum absolute atomic E-state index is 13.6. The highest BCUT2D eigenvalue weighted by atomic mass is 19.1. The third-order valence-corrected chi connectivity index (χ3v) is 3.81. The second kappa shape index (κ2) is 9.72. The van der Waals surface area contributed by atoms with E-state index >= 15 is 0 Å². The molecule has 1 aliphatic heterocycles. The molecule has 0 aliphatic carbocycles. The fourth-order valence-corrected chi connectivity index (χ4v) is 2.53. The average molecular weight is 363 g/mol. The third-order valence-electron chi connectivity index (χ3n) is 3.81. The number of ether oxygens (including phenoxy) is 1. The minimum Gasteiger partial charge on any atom is -0.507 e. The molecule has 26 heavy (non-hydrogen) atoms. The van der Waals surface area contributed by atoms with Crippen molar-refractivity contribution < 1.29 is 28.9 Å². The van der Waals surface area contributed by atoms with Gasteiger partial charge in [-0.25, -0.2) is 9.18 Å². The Morgan fingerprint density at radius 3 is 2.85 bits per heavy atom. The number of benzene rings is 1. The molecule has 1 aromatic carbocycles. The number of aliphatic hydroxyl groups excluding tert-OH is 1. The van der Waals surface area contributed by atoms with E-state index in [1.54, 1.807) is 18.2 Å². The number of aromatic hydroxyl groups is 1. The van der Waals surface area contributed by atoms with Gasteiger partial charge in [-0.2, -0.15) is 0 Å². The van der Waals surface area contributed by atoms with Gasteiger partial charge < -0.3 is 20.3 Å². The van der Waals surface area contributed by atoms with E-state index in [2.05, 4.69) is 5.32 Å². The number of alkyl halides is 1. The van der Waals surface area contributed by atoms with Gasteiger partial charge in [0.05, 0.1) is 6.61 Å². The Morgan fingerprint density at radius 2 is 2.08 bits per heavy atom. The first-order chi connectivity index (χ1) is 12.5. The highest BCUT2D eigenvalue weighted by Gasteiger charge is 2.19. The number of carbonyl (C=O) groups excluding carboxylic acids is 2. The van der Waals surface area contributed by atoms with Gasteiger partial charge in [-0.15, -0.1) is 0 Å². The van der Waals surface area contributed by atoms with Crippen molar-refractivity contribution >= 4 is 23.5 Å². The molecular weight excluding hydrogens is 341 g/mol. The average Bonchev–Trinajstić information content (AvgIpc) is 2.61. The standard InChI is InChI=1S/C19H22FNO5/c20-15-6-4-10-26-19(25)18-13(5-2-1-3-7-16(15)23)11-14(12-17(18)24)21-8-9-22/h2,4-6,11-12,15,21-22,24H,1,3,7-10H2. The Morgan fingerprint density at radius 1 is 1.27 bits per heavy atom. The van der Waals surface area contributed by atoms with Crippen molar-refractivity contribution in [3.05, 3.63) is 41.5 Å². The number of fused-ring (bicyclic) bond motifs is 1. The van der Waals surface area contributed by atoms with E-state index < -0.39 is 17.9 Å². The Bertz CT molecular complexity index is 714. The van der Waals surface area contributed by atoms with Gasteiger partial charge in [-0.05, 0) is 36.6 Å². The molecule has 3 N–H and O–H groups in total. The predicted octanol–water partition coefficient (Wildman–Crippen LogP) is 2.61. The summed E-state index contributed by atoms with van der Waals surface area (Å²) in [6.07, 6.45) is 5.16. The molecule has 0 fully saturated rings. The molecule has 0 bridgehead atoms. The number of phenols is 1. The summed E-state index contributed by atoms with van der Waals surface area (Å²) >= 11 is 0. The van der Waals surface area contributed by atoms with Gasteiger partial charge in [0.25, 0.3) is 0 Å². The number of rotatable bonds is 3. The fraction of sp³-hybridized carbons (Fsp3) is 0.368. The predicted molar refractivity (Wildman–Crippen MR) is 95.9 cm³/mol. The number of hydrogen-bond acceptors (Lipinski definition) is 6. The van der Waals surface area contributed by atoms with Crippen LogP contribution in [0.5, 0.6) is 5.75 Å². The Labute approximate surface area is 151 Å². The number of phenolic OH excluding ortho intramolecular Hbond substituents is 1. The summed E-state index contributed by atoms with van der Waals surface area (Å²) in [6, 6.07) is 3.03. The molecule has 0 saturated heterocycles. The number of ketones is 1. The van der Waals surface area contributed by atoms with E-state index in [0.29, 0.717) is 30.6 Å². The molecule has 0 amide bonds. The van der Waals surface area contributed by atoms with Gasteiger partial charge in [0.1, 0.15) is 17.9 Å². The summed E-state index contributed by atoms with van der Waals surface area (Å²) in [6.45, 7) is 0.00892. The Hall–Kier alpha value is -2.67. The monoisotopic (exact) mass is 363 g/mol. The lowest BCUT2D eigenvalue weighted by atomic mass is 10.0. The molecular formula is C19H22FNO5. The molecule has 140 valence electrons. The first-order valence-electron chi connectivity index (χ1n) is 8.41. The van der Waals surface area contributed by atoms with E-state index in [9.17, 15) is 19.1 Å². The van der Waals surface area contributed by atoms with Crippen molar-refractivity contribution in [1.29, 1.82) is 0 Å². The topological polar surface area (TPSA) is 95.9 Å². The van der Waals surface area contributed by atoms with Crippen molar-refractivity contribution in [2.45, 2.75) is 25.4 Å². The van der Waals surface area contributed by atoms with Crippen LogP contribution in [-0.4, -0.2) is 47.9 Å². The van der Waals surface area contributed by atoms with E-state index in [0.717, 1.165) is 6.08 Å². The SMILES string of the molecule is O=C1OCC=CC(F)C(=O)CCCC=Cc2cc(NCCO)cc(O)c21. The van der Waals surface area contributed by atoms with Crippen LogP contribution in [0.1, 0.15) is 35.2 Å². The highest BCUT2D eigenvalue weighted by Crippen LogP contribution is 2.29. The lowest BCUT2D eigenvalue weighted by Crippen LogP contribution is -2.13. The molecule has 1 aromatic rings. The van der Waals surface area contributed by atoms with E-state index in [1.165, 1.54) is 12.1 Å². The van der Waals surface area contributed by atoms with Crippen molar-refractivity contribution in [3.63, 3.8) is 0 Å². The Kier molecular flexibility index (Phi) is 7.35. The van der Waals surface area contributed by atoms with Crippen LogP contribution in [0.3, 0.4) is 0 Å². The minimum atomic E-state index is -1.71. The number of cyclic esters (lactones) is 1. The first-order valence-corrected chi connectivity index (χ1v) is 8.41. The number of carbonyl (C=O) groups is 2. The number of allylic oxidation sites excluding steroid dienone is 2. The summed E-state index contributed by atoms with van der Waals surface area (Å²) in [5, 5.41) is 22.1. The lowest BCUT2D eigenvalue weighted by molar-refractivity contribution is -0.122. The quantitative estimate of drug-likeness (QED) is 0.564. The lowest BCUT2D eigenvalue weighted by Gasteiger charge is -2.12. The van der Waals surface area contributed by atoms with E-state index in [4.69, 9.17) is 9.84 Å². The van der Waals surface area contributed by atoms with Crippen molar-refractivity contribution in [3.8, 4) is 5.75 Å². The molecule has 6 nitrogen and oxygen atoms in total. The smallest absolute Gasteiger partial charge is 0.342 e. The van der Waals surface area contributed by atoms with Crippen LogP contribution in [0, 0.1) is 0 Å². The molecule has 1 atom stereocenters. The number of Topliss-reactive ketones (excluding diaryl/α,β-unsaturated/α-hetero) is 1. The summed E-state index contributed by atoms with van der Waals surface area (Å²) in [7, 11) is 0. The van der Waals surface area contributed by atoms with E-state index in [1.807, 2.05) is 0 Å². The van der Waals surface area contributed by atoms with Crippen molar-refractivity contribution in [2.24, 2.45) is 0 Å². The summed E-state index contributed by atoms with van der Waals surface area (Å²) in [5.74, 6) is -1.52. The van der Waals surface area contributed by atoms with Gasteiger partial charge >= 0.3 is 5.97 Å². The number of hydrogen-bond donors (Lipinski definition) is 3. The zero-order valence-electron chi connectivity index (χ0n) is 14.3. The molecule has 1 unspecified atom stereocenters. The number of nitrogens with one attached hydrogen (secondary N) is 1. The molecule has 2 rings (SSSR count). The molecule has 0 aromatic heterocycles. The zero-order chi connectivity index (χ0) is 18.9. The molecule has 0 saturated carbocycles. The molecule has 1 aliphatic rings. The molecule has 1 heterocycles. The highest BCUT2D eigenvalue weighted by molar-refractivity contribution is 5.97. The molecule has 7 heteroatoms. The summed E-state index contributed by atoms with van der Waals surface area (Å²) in [4.78, 5) is 23.9. The summed E-state index contributed by atoms with van der Waals surface area (Å²) < 4.78 is 18.7. The first kappa shape index (κ1) is 19.7. The van der Waals surface area contributed by atoms with Gasteiger partial charge in [-0.3, -0.25) is 4.79 Å². The number of halogens is 1. The number of anilines is 1. The van der Waals surface area contributed by atoms with Gasteiger partial charge in [0.2, 0.25) is 0 Å². The number of esters is 1. The summed E-state index contributed by atoms with van der Waals surface area (Å²) in [5.41, 5.74) is 1.00. The fourth-order valence-electron chi connectivity index (χ4n) is 2.53. The van der Waals surface area contributed by atoms with Crippen LogP contribution in [0.2, 0.25) is 0 Å². The van der Waals surface area contributed by atoms with Crippen molar-refractivity contribution in [1.82, 2.24) is 0 Å². The normalized spacial score (nSPS) is 18.8. The molecule has 0 spiro atoms. The second-order valence-corrected chi connectivity index (χ2v) is 5.80. The minimum absolute atomic E-state index is 0.00846. The maximum Gasteiger partial charge on any atom is 0.342 e. The Balaban J connectivity index is 2.32. The van der Waals surface area contributed by atoms with Crippen LogP contribution in [0.25, 0.3) is 6.08 Å². The number of aliphatic hydroxyl groups is 1. The van der Waals surface area contributed by atoms with Crippen LogP contribution in [0.4, 0.5) is 10.1 Å². The van der Waals surface area contributed by atoms with Crippen LogP contribution in [0.15, 0.2) is 30.4 Å². The molecule has 0 radical (unpaired) electrons. The zero-order valence-corrected chi connectivity index (χ0v) is 14.3. The van der Waals surface area contributed by atoms with Crippen LogP contribution < -0.4 is 5.32 Å². The second-order valence-electron chi connectivity index (χ2n) is 5.80. The van der Waals surface area contributed by atoms with Gasteiger partial charge in [0, 0.05) is 24.7 Å².